The summed E-state index contributed by atoms with van der Waals surface area (Å²) >= 11 is 0. The zero-order valence-corrected chi connectivity index (χ0v) is 17.8. The van der Waals surface area contributed by atoms with Crippen LogP contribution in [0.5, 0.6) is 0 Å². The molecular weight excluding hydrogens is 354 g/mol. The molecule has 1 amide bonds. The van der Waals surface area contributed by atoms with Gasteiger partial charge in [0.2, 0.25) is 5.91 Å². The second-order valence-electron chi connectivity index (χ2n) is 8.73. The Balaban J connectivity index is 1.51. The molecule has 1 saturated carbocycles. The van der Waals surface area contributed by atoms with Crippen LogP contribution in [0.15, 0.2) is 4.99 Å². The summed E-state index contributed by atoms with van der Waals surface area (Å²) in [5.74, 6) is 0.818. The summed E-state index contributed by atoms with van der Waals surface area (Å²) in [5, 5.41) is 7.17. The van der Waals surface area contributed by atoms with Gasteiger partial charge in [0.05, 0.1) is 0 Å². The van der Waals surface area contributed by atoms with E-state index in [2.05, 4.69) is 20.5 Å². The van der Waals surface area contributed by atoms with Gasteiger partial charge in [-0.15, -0.1) is 0 Å². The number of likely N-dealkylation sites (tertiary alicyclic amines) is 1. The molecule has 2 N–H and O–H groups in total. The molecule has 0 spiro atoms. The van der Waals surface area contributed by atoms with Crippen molar-refractivity contribution in [3.63, 3.8) is 0 Å². The van der Waals surface area contributed by atoms with E-state index in [1.165, 1.54) is 45.2 Å². The van der Waals surface area contributed by atoms with Crippen LogP contribution in [-0.4, -0.2) is 86.7 Å². The van der Waals surface area contributed by atoms with Crippen molar-refractivity contribution in [3.8, 4) is 0 Å². The average molecular weight is 394 g/mol. The van der Waals surface area contributed by atoms with Crippen LogP contribution < -0.4 is 10.6 Å². The Bertz CT molecular complexity index is 505. The number of nitrogens with zero attached hydrogens (tertiary/aromatic N) is 3. The Morgan fingerprint density at radius 3 is 2.18 bits per heavy atom. The fraction of sp³-hybridized carbons (Fsp3) is 0.905. The van der Waals surface area contributed by atoms with E-state index in [0.29, 0.717) is 12.1 Å². The van der Waals surface area contributed by atoms with Crippen LogP contribution in [0.25, 0.3) is 0 Å². The number of hydrogen-bond acceptors (Lipinski definition) is 4. The maximum atomic E-state index is 12.0. The molecule has 3 rings (SSSR count). The first-order valence-corrected chi connectivity index (χ1v) is 11.2. The third-order valence-electron chi connectivity index (χ3n) is 6.39. The Morgan fingerprint density at radius 1 is 0.964 bits per heavy atom. The summed E-state index contributed by atoms with van der Waals surface area (Å²) in [6.45, 7) is 4.11. The van der Waals surface area contributed by atoms with E-state index in [4.69, 9.17) is 4.74 Å². The van der Waals surface area contributed by atoms with Crippen molar-refractivity contribution >= 4 is 11.9 Å². The average Bonchev–Trinajstić information content (AvgIpc) is 2.73. The highest BCUT2D eigenvalue weighted by Gasteiger charge is 2.27. The second-order valence-corrected chi connectivity index (χ2v) is 8.73. The molecule has 2 saturated heterocycles. The lowest BCUT2D eigenvalue weighted by Crippen LogP contribution is -2.53. The van der Waals surface area contributed by atoms with Crippen LogP contribution in [0, 0.1) is 0 Å². The molecule has 0 unspecified atom stereocenters. The molecular formula is C21H39N5O2. The minimum Gasteiger partial charge on any atom is -0.381 e. The molecule has 7 nitrogen and oxygen atoms in total. The Kier molecular flexibility index (Phi) is 8.40. The van der Waals surface area contributed by atoms with Gasteiger partial charge < -0.3 is 25.2 Å². The van der Waals surface area contributed by atoms with Crippen molar-refractivity contribution in [3.05, 3.63) is 0 Å². The summed E-state index contributed by atoms with van der Waals surface area (Å²) in [6.07, 6.45) is 11.2. The third-order valence-corrected chi connectivity index (χ3v) is 6.39. The lowest BCUT2D eigenvalue weighted by molar-refractivity contribution is -0.127. The molecule has 3 fully saturated rings. The number of rotatable bonds is 5. The van der Waals surface area contributed by atoms with E-state index < -0.39 is 0 Å². The van der Waals surface area contributed by atoms with Crippen LogP contribution in [0.3, 0.4) is 0 Å². The van der Waals surface area contributed by atoms with E-state index in [1.54, 1.807) is 19.0 Å². The Hall–Kier alpha value is -1.34. The number of piperidine rings is 1. The molecule has 0 bridgehead atoms. The summed E-state index contributed by atoms with van der Waals surface area (Å²) in [5.41, 5.74) is 0. The van der Waals surface area contributed by atoms with Crippen LogP contribution in [0.2, 0.25) is 0 Å². The molecule has 28 heavy (non-hydrogen) atoms. The van der Waals surface area contributed by atoms with E-state index in [0.717, 1.165) is 50.9 Å². The first-order valence-electron chi connectivity index (χ1n) is 11.2. The van der Waals surface area contributed by atoms with Crippen LogP contribution >= 0.6 is 0 Å². The van der Waals surface area contributed by atoms with Gasteiger partial charge in [-0.3, -0.25) is 4.79 Å². The van der Waals surface area contributed by atoms with Crippen LogP contribution in [0.1, 0.15) is 57.8 Å². The number of amides is 1. The predicted octanol–water partition coefficient (Wildman–Crippen LogP) is 1.59. The Labute approximate surface area is 170 Å². The lowest BCUT2D eigenvalue weighted by Gasteiger charge is -2.40. The number of likely N-dealkylation sites (N-methyl/N-ethyl adjacent to an activating group) is 1. The summed E-state index contributed by atoms with van der Waals surface area (Å²) < 4.78 is 5.46. The van der Waals surface area contributed by atoms with Crippen molar-refractivity contribution in [2.75, 3.05) is 46.9 Å². The number of carbonyl (C=O) groups excluding carboxylic acids is 1. The molecule has 7 heteroatoms. The van der Waals surface area contributed by atoms with Gasteiger partial charge in [0.1, 0.15) is 6.54 Å². The van der Waals surface area contributed by atoms with E-state index in [-0.39, 0.29) is 12.5 Å². The maximum Gasteiger partial charge on any atom is 0.243 e. The van der Waals surface area contributed by atoms with Gasteiger partial charge in [0.25, 0.3) is 0 Å². The number of nitrogens with one attached hydrogen (secondary N) is 2. The fourth-order valence-electron chi connectivity index (χ4n) is 4.50. The van der Waals surface area contributed by atoms with Gasteiger partial charge >= 0.3 is 0 Å². The van der Waals surface area contributed by atoms with E-state index in [9.17, 15) is 4.79 Å². The first kappa shape index (κ1) is 21.4. The molecule has 0 aromatic carbocycles. The molecule has 0 atom stereocenters. The predicted molar refractivity (Wildman–Crippen MR) is 113 cm³/mol. The number of carbonyl (C=O) groups is 1. The van der Waals surface area contributed by atoms with E-state index in [1.807, 2.05) is 0 Å². The monoisotopic (exact) mass is 393 g/mol. The molecule has 0 aromatic rings. The van der Waals surface area contributed by atoms with Crippen molar-refractivity contribution in [2.45, 2.75) is 75.9 Å². The SMILES string of the molecule is CN(C)C(=O)CN=C(NC1CCOCC1)NC1CCN(C2CCCCC2)CC1. The summed E-state index contributed by atoms with van der Waals surface area (Å²) in [6, 6.07) is 1.61. The highest BCUT2D eigenvalue weighted by atomic mass is 16.5. The summed E-state index contributed by atoms with van der Waals surface area (Å²) in [4.78, 5) is 20.9. The van der Waals surface area contributed by atoms with Gasteiger partial charge in [0, 0.05) is 58.5 Å². The van der Waals surface area contributed by atoms with Gasteiger partial charge in [-0.1, -0.05) is 19.3 Å². The van der Waals surface area contributed by atoms with Crippen molar-refractivity contribution in [1.82, 2.24) is 20.4 Å². The maximum absolute atomic E-state index is 12.0. The molecule has 2 aliphatic heterocycles. The van der Waals surface area contributed by atoms with Crippen molar-refractivity contribution < 1.29 is 9.53 Å². The van der Waals surface area contributed by atoms with E-state index >= 15 is 0 Å². The number of aliphatic imine (C=N–C) groups is 1. The lowest BCUT2D eigenvalue weighted by atomic mass is 9.92. The van der Waals surface area contributed by atoms with Crippen LogP contribution in [0.4, 0.5) is 0 Å². The van der Waals surface area contributed by atoms with Crippen molar-refractivity contribution in [2.24, 2.45) is 4.99 Å². The van der Waals surface area contributed by atoms with Gasteiger partial charge in [-0.05, 0) is 38.5 Å². The number of hydrogen-bond donors (Lipinski definition) is 2. The highest BCUT2D eigenvalue weighted by molar-refractivity contribution is 5.85. The number of guanidine groups is 1. The molecule has 160 valence electrons. The van der Waals surface area contributed by atoms with Gasteiger partial charge in [-0.25, -0.2) is 4.99 Å². The van der Waals surface area contributed by atoms with Gasteiger partial charge in [0.15, 0.2) is 5.96 Å². The topological polar surface area (TPSA) is 69.2 Å². The normalized spacial score (nSPS) is 24.1. The quantitative estimate of drug-likeness (QED) is 0.548. The molecule has 0 radical (unpaired) electrons. The minimum atomic E-state index is 0.0280. The summed E-state index contributed by atoms with van der Waals surface area (Å²) in [7, 11) is 3.55. The molecule has 0 aromatic heterocycles. The molecule has 3 aliphatic rings. The van der Waals surface area contributed by atoms with Crippen molar-refractivity contribution in [1.29, 1.82) is 0 Å². The zero-order valence-electron chi connectivity index (χ0n) is 17.8. The fourth-order valence-corrected chi connectivity index (χ4v) is 4.50. The third kappa shape index (κ3) is 6.62. The van der Waals surface area contributed by atoms with Gasteiger partial charge in [-0.2, -0.15) is 0 Å². The largest absolute Gasteiger partial charge is 0.381 e. The smallest absolute Gasteiger partial charge is 0.243 e. The van der Waals surface area contributed by atoms with Crippen LogP contribution in [-0.2, 0) is 9.53 Å². The second kappa shape index (κ2) is 11.0. The Morgan fingerprint density at radius 2 is 1.57 bits per heavy atom. The first-order chi connectivity index (χ1) is 13.6. The zero-order chi connectivity index (χ0) is 19.8. The molecule has 2 heterocycles. The number of ether oxygens (including phenoxy) is 1. The molecule has 1 aliphatic carbocycles. The minimum absolute atomic E-state index is 0.0280. The standard InChI is InChI=1S/C21H39N5O2/c1-25(2)20(27)16-22-21(24-18-10-14-28-15-11-18)23-17-8-12-26(13-9-17)19-6-4-3-5-7-19/h17-19H,3-16H2,1-2H3,(H2,22,23,24). The highest BCUT2D eigenvalue weighted by Crippen LogP contribution is 2.25.